The molecule has 3 aromatic rings. The van der Waals surface area contributed by atoms with Crippen LogP contribution in [0.25, 0.3) is 6.08 Å². The molecule has 1 N–H and O–H groups in total. The van der Waals surface area contributed by atoms with E-state index in [1.165, 1.54) is 23.1 Å². The number of aromatic nitrogens is 1. The zero-order valence-electron chi connectivity index (χ0n) is 14.6. The van der Waals surface area contributed by atoms with Gasteiger partial charge in [-0.05, 0) is 29.8 Å². The van der Waals surface area contributed by atoms with Crippen molar-refractivity contribution in [3.8, 4) is 5.75 Å². The van der Waals surface area contributed by atoms with Crippen LogP contribution >= 0.6 is 34.7 Å². The van der Waals surface area contributed by atoms with Gasteiger partial charge in [-0.3, -0.25) is 10.2 Å². The SMILES string of the molecule is N=C1SC(=Cc2ccc(OCc3ccccc3Cl)cc2)C(=O)C1c1nccs1. The van der Waals surface area contributed by atoms with Crippen LogP contribution in [0.2, 0.25) is 5.02 Å². The number of rotatable bonds is 5. The van der Waals surface area contributed by atoms with E-state index in [4.69, 9.17) is 21.7 Å². The van der Waals surface area contributed by atoms with Gasteiger partial charge in [0.25, 0.3) is 0 Å². The number of ether oxygens (including phenoxy) is 1. The molecule has 0 saturated carbocycles. The smallest absolute Gasteiger partial charge is 0.186 e. The zero-order valence-corrected chi connectivity index (χ0v) is 17.0. The normalized spacial score (nSPS) is 18.0. The maximum atomic E-state index is 12.7. The molecule has 0 aliphatic carbocycles. The quantitative estimate of drug-likeness (QED) is 0.524. The minimum atomic E-state index is -0.561. The molecular formula is C21H15ClN2O2S2. The van der Waals surface area contributed by atoms with Gasteiger partial charge >= 0.3 is 0 Å². The van der Waals surface area contributed by atoms with Crippen LogP contribution in [0.4, 0.5) is 0 Å². The predicted octanol–water partition coefficient (Wildman–Crippen LogP) is 5.79. The van der Waals surface area contributed by atoms with Crippen molar-refractivity contribution in [1.29, 1.82) is 5.41 Å². The van der Waals surface area contributed by atoms with Gasteiger partial charge in [-0.25, -0.2) is 4.98 Å². The van der Waals surface area contributed by atoms with Crippen LogP contribution in [-0.2, 0) is 11.4 Å². The van der Waals surface area contributed by atoms with Crippen molar-refractivity contribution < 1.29 is 9.53 Å². The molecule has 0 bridgehead atoms. The summed E-state index contributed by atoms with van der Waals surface area (Å²) in [6.07, 6.45) is 3.47. The van der Waals surface area contributed by atoms with E-state index in [1.807, 2.05) is 60.0 Å². The Morgan fingerprint density at radius 3 is 2.68 bits per heavy atom. The number of halogens is 1. The monoisotopic (exact) mass is 426 g/mol. The van der Waals surface area contributed by atoms with Crippen LogP contribution in [-0.4, -0.2) is 15.8 Å². The molecule has 1 saturated heterocycles. The molecule has 2 aromatic carbocycles. The lowest BCUT2D eigenvalue weighted by molar-refractivity contribution is -0.114. The van der Waals surface area contributed by atoms with Crippen molar-refractivity contribution in [2.75, 3.05) is 0 Å². The topological polar surface area (TPSA) is 63.0 Å². The standard InChI is InChI=1S/C21H15ClN2O2S2/c22-16-4-2-1-3-14(16)12-26-15-7-5-13(6-8-15)11-17-19(25)18(20(23)28-17)21-24-9-10-27-21/h1-11,18,23H,12H2. The number of carbonyl (C=O) groups excluding carboxylic acids is 1. The van der Waals surface area contributed by atoms with E-state index >= 15 is 0 Å². The zero-order chi connectivity index (χ0) is 19.5. The largest absolute Gasteiger partial charge is 0.489 e. The van der Waals surface area contributed by atoms with Gasteiger partial charge in [-0.1, -0.05) is 53.7 Å². The number of ketones is 1. The Morgan fingerprint density at radius 2 is 1.96 bits per heavy atom. The number of benzene rings is 2. The van der Waals surface area contributed by atoms with Gasteiger partial charge in [0.1, 0.15) is 23.3 Å². The van der Waals surface area contributed by atoms with Crippen LogP contribution in [0, 0.1) is 5.41 Å². The predicted molar refractivity (Wildman–Crippen MR) is 115 cm³/mol. The lowest BCUT2D eigenvalue weighted by Crippen LogP contribution is -2.11. The molecule has 140 valence electrons. The fourth-order valence-electron chi connectivity index (χ4n) is 2.78. The molecule has 4 rings (SSSR count). The first kappa shape index (κ1) is 18.9. The maximum absolute atomic E-state index is 12.7. The Morgan fingerprint density at radius 1 is 1.18 bits per heavy atom. The van der Waals surface area contributed by atoms with Crippen molar-refractivity contribution in [3.63, 3.8) is 0 Å². The highest BCUT2D eigenvalue weighted by Crippen LogP contribution is 2.41. The Labute approximate surface area is 175 Å². The first-order chi connectivity index (χ1) is 13.6. The molecule has 2 heterocycles. The summed E-state index contributed by atoms with van der Waals surface area (Å²) in [7, 11) is 0. The minimum absolute atomic E-state index is 0.0657. The van der Waals surface area contributed by atoms with Gasteiger partial charge < -0.3 is 4.74 Å². The highest BCUT2D eigenvalue weighted by atomic mass is 35.5. The fraction of sp³-hybridized carbons (Fsp3) is 0.0952. The molecule has 1 fully saturated rings. The van der Waals surface area contributed by atoms with Crippen molar-refractivity contribution in [3.05, 3.63) is 86.2 Å². The second-order valence-electron chi connectivity index (χ2n) is 6.09. The summed E-state index contributed by atoms with van der Waals surface area (Å²) in [6.45, 7) is 0.390. The number of carbonyl (C=O) groups is 1. The van der Waals surface area contributed by atoms with E-state index in [-0.39, 0.29) is 5.78 Å². The van der Waals surface area contributed by atoms with Gasteiger partial charge in [0.05, 0.1) is 9.95 Å². The van der Waals surface area contributed by atoms with E-state index in [0.29, 0.717) is 26.6 Å². The molecule has 0 radical (unpaired) electrons. The number of nitrogens with one attached hydrogen (secondary N) is 1. The third-order valence-corrected chi connectivity index (χ3v) is 6.42. The Kier molecular flexibility index (Phi) is 5.62. The molecule has 0 amide bonds. The molecule has 1 atom stereocenters. The van der Waals surface area contributed by atoms with Gasteiger partial charge in [0, 0.05) is 22.2 Å². The average molecular weight is 427 g/mol. The highest BCUT2D eigenvalue weighted by molar-refractivity contribution is 8.19. The van der Waals surface area contributed by atoms with Crippen LogP contribution < -0.4 is 4.74 Å². The second kappa shape index (κ2) is 8.31. The third-order valence-electron chi connectivity index (χ3n) is 4.22. The van der Waals surface area contributed by atoms with Gasteiger partial charge in [-0.15, -0.1) is 11.3 Å². The molecule has 0 spiro atoms. The molecular weight excluding hydrogens is 412 g/mol. The summed E-state index contributed by atoms with van der Waals surface area (Å²) < 4.78 is 5.78. The summed E-state index contributed by atoms with van der Waals surface area (Å²) in [5.74, 6) is 0.0966. The molecule has 4 nitrogen and oxygen atoms in total. The second-order valence-corrected chi connectivity index (χ2v) is 8.51. The van der Waals surface area contributed by atoms with E-state index in [1.54, 1.807) is 6.20 Å². The summed E-state index contributed by atoms with van der Waals surface area (Å²) in [6, 6.07) is 15.1. The Balaban J connectivity index is 1.45. The first-order valence-electron chi connectivity index (χ1n) is 8.49. The average Bonchev–Trinajstić information content (AvgIpc) is 3.30. The number of hydrogen-bond donors (Lipinski definition) is 1. The van der Waals surface area contributed by atoms with Crippen molar-refractivity contribution >= 4 is 51.6 Å². The Bertz CT molecular complexity index is 1050. The van der Waals surface area contributed by atoms with Gasteiger partial charge in [0.15, 0.2) is 5.78 Å². The number of thioether (sulfide) groups is 1. The number of allylic oxidation sites excluding steroid dienone is 1. The molecule has 1 unspecified atom stereocenters. The maximum Gasteiger partial charge on any atom is 0.186 e. The van der Waals surface area contributed by atoms with Crippen LogP contribution in [0.5, 0.6) is 5.75 Å². The van der Waals surface area contributed by atoms with Gasteiger partial charge in [0.2, 0.25) is 0 Å². The fourth-order valence-corrected chi connectivity index (χ4v) is 4.77. The lowest BCUT2D eigenvalue weighted by atomic mass is 10.1. The van der Waals surface area contributed by atoms with Crippen molar-refractivity contribution in [1.82, 2.24) is 4.98 Å². The van der Waals surface area contributed by atoms with E-state index in [0.717, 1.165) is 16.9 Å². The van der Waals surface area contributed by atoms with E-state index < -0.39 is 5.92 Å². The molecule has 1 aliphatic rings. The highest BCUT2D eigenvalue weighted by Gasteiger charge is 2.38. The molecule has 7 heteroatoms. The Hall–Kier alpha value is -2.41. The summed E-state index contributed by atoms with van der Waals surface area (Å²) in [5.41, 5.74) is 1.81. The number of Topliss-reactive ketones (excluding diaryl/α,β-unsaturated/α-hetero) is 1. The van der Waals surface area contributed by atoms with Crippen LogP contribution in [0.3, 0.4) is 0 Å². The lowest BCUT2D eigenvalue weighted by Gasteiger charge is -2.08. The molecule has 1 aliphatic heterocycles. The van der Waals surface area contributed by atoms with Crippen LogP contribution in [0.1, 0.15) is 22.1 Å². The summed E-state index contributed by atoms with van der Waals surface area (Å²) in [4.78, 5) is 17.4. The van der Waals surface area contributed by atoms with Crippen molar-refractivity contribution in [2.45, 2.75) is 12.5 Å². The summed E-state index contributed by atoms with van der Waals surface area (Å²) >= 11 is 8.75. The number of hydrogen-bond acceptors (Lipinski definition) is 6. The third kappa shape index (κ3) is 4.04. The van der Waals surface area contributed by atoms with E-state index in [9.17, 15) is 4.79 Å². The first-order valence-corrected chi connectivity index (χ1v) is 10.6. The van der Waals surface area contributed by atoms with E-state index in [2.05, 4.69) is 4.98 Å². The van der Waals surface area contributed by atoms with Crippen molar-refractivity contribution in [2.24, 2.45) is 0 Å². The number of thiazole rings is 1. The molecule has 1 aromatic heterocycles. The van der Waals surface area contributed by atoms with Gasteiger partial charge in [-0.2, -0.15) is 0 Å². The number of nitrogens with zero attached hydrogens (tertiary/aromatic N) is 1. The molecule has 28 heavy (non-hydrogen) atoms. The summed E-state index contributed by atoms with van der Waals surface area (Å²) in [5, 5.41) is 11.6. The minimum Gasteiger partial charge on any atom is -0.489 e. The van der Waals surface area contributed by atoms with Crippen LogP contribution in [0.15, 0.2) is 65.0 Å².